The van der Waals surface area contributed by atoms with Gasteiger partial charge in [0.15, 0.2) is 0 Å². The molecular weight excluding hydrogens is 352 g/mol. The molecule has 1 heterocycles. The summed E-state index contributed by atoms with van der Waals surface area (Å²) >= 11 is 4.73. The Labute approximate surface area is 133 Å². The predicted octanol–water partition coefficient (Wildman–Crippen LogP) is 3.75. The number of aromatic nitrogens is 2. The second-order valence-corrected chi connectivity index (χ2v) is 6.09. The number of benzene rings is 2. The zero-order valence-electron chi connectivity index (χ0n) is 11.1. The molecule has 2 aromatic carbocycles. The topological polar surface area (TPSA) is 66.9 Å². The van der Waals surface area contributed by atoms with Gasteiger partial charge in [0.25, 0.3) is 5.91 Å². The van der Waals surface area contributed by atoms with Gasteiger partial charge in [-0.3, -0.25) is 4.79 Å². The number of nitrogens with zero attached hydrogens (tertiary/aromatic N) is 2. The second kappa shape index (κ2) is 5.79. The van der Waals surface area contributed by atoms with Crippen LogP contribution in [0.4, 0.5) is 10.8 Å². The Bertz CT molecular complexity index is 818. The Balaban J connectivity index is 1.95. The molecule has 5 nitrogen and oxygen atoms in total. The summed E-state index contributed by atoms with van der Waals surface area (Å²) in [5.74, 6) is -0.263. The van der Waals surface area contributed by atoms with Crippen LogP contribution in [-0.2, 0) is 0 Å². The van der Waals surface area contributed by atoms with Gasteiger partial charge >= 0.3 is 0 Å². The van der Waals surface area contributed by atoms with Crippen LogP contribution in [0.15, 0.2) is 40.9 Å². The van der Waals surface area contributed by atoms with Gasteiger partial charge in [0.05, 0.1) is 0 Å². The summed E-state index contributed by atoms with van der Waals surface area (Å²) in [7, 11) is 1.74. The molecule has 106 valence electrons. The third kappa shape index (κ3) is 2.74. The minimum atomic E-state index is -0.263. The fraction of sp³-hybridized carbons (Fsp3) is 0.0714. The highest BCUT2D eigenvalue weighted by Gasteiger charge is 2.14. The largest absolute Gasteiger partial charge is 0.363 e. The molecule has 3 rings (SSSR count). The van der Waals surface area contributed by atoms with Crippen molar-refractivity contribution >= 4 is 54.8 Å². The maximum absolute atomic E-state index is 12.2. The summed E-state index contributed by atoms with van der Waals surface area (Å²) < 4.78 is 0.990. The van der Waals surface area contributed by atoms with Crippen molar-refractivity contribution in [2.45, 2.75) is 0 Å². The highest BCUT2D eigenvalue weighted by molar-refractivity contribution is 9.10. The molecule has 0 aliphatic heterocycles. The summed E-state index contributed by atoms with van der Waals surface area (Å²) in [6, 6.07) is 11.6. The van der Waals surface area contributed by atoms with Crippen molar-refractivity contribution in [2.24, 2.45) is 0 Å². The van der Waals surface area contributed by atoms with E-state index in [1.807, 2.05) is 36.4 Å². The van der Waals surface area contributed by atoms with Gasteiger partial charge in [-0.1, -0.05) is 51.5 Å². The summed E-state index contributed by atoms with van der Waals surface area (Å²) in [6.45, 7) is 0. The van der Waals surface area contributed by atoms with Crippen LogP contribution in [0.5, 0.6) is 0 Å². The van der Waals surface area contributed by atoms with Gasteiger partial charge in [0.2, 0.25) is 10.1 Å². The Morgan fingerprint density at radius 3 is 2.62 bits per heavy atom. The quantitative estimate of drug-likeness (QED) is 0.744. The van der Waals surface area contributed by atoms with E-state index in [1.165, 1.54) is 11.3 Å². The van der Waals surface area contributed by atoms with Crippen molar-refractivity contribution in [1.82, 2.24) is 10.2 Å². The van der Waals surface area contributed by atoms with Gasteiger partial charge in [0.1, 0.15) is 0 Å². The molecule has 3 aromatic rings. The first kappa shape index (κ1) is 14.0. The Morgan fingerprint density at radius 2 is 1.90 bits per heavy atom. The molecule has 0 atom stereocenters. The molecular formula is C14H11BrN4OS. The van der Waals surface area contributed by atoms with E-state index in [4.69, 9.17) is 0 Å². The van der Waals surface area contributed by atoms with Crippen LogP contribution in [0, 0.1) is 0 Å². The zero-order valence-corrected chi connectivity index (χ0v) is 13.5. The van der Waals surface area contributed by atoms with Crippen LogP contribution in [0.25, 0.3) is 10.8 Å². The minimum absolute atomic E-state index is 0.263. The van der Waals surface area contributed by atoms with Crippen molar-refractivity contribution in [3.63, 3.8) is 0 Å². The smallest absolute Gasteiger partial charge is 0.286 e. The molecule has 0 spiro atoms. The molecule has 1 aromatic heterocycles. The predicted molar refractivity (Wildman–Crippen MR) is 89.1 cm³/mol. The van der Waals surface area contributed by atoms with Crippen molar-refractivity contribution in [1.29, 1.82) is 0 Å². The highest BCUT2D eigenvalue weighted by atomic mass is 79.9. The molecule has 0 fully saturated rings. The summed E-state index contributed by atoms with van der Waals surface area (Å²) in [6.07, 6.45) is 0. The van der Waals surface area contributed by atoms with Crippen LogP contribution in [0.1, 0.15) is 9.80 Å². The first-order valence-corrected chi connectivity index (χ1v) is 7.80. The van der Waals surface area contributed by atoms with Crippen LogP contribution in [-0.4, -0.2) is 23.2 Å². The fourth-order valence-electron chi connectivity index (χ4n) is 1.96. The lowest BCUT2D eigenvalue weighted by Gasteiger charge is -2.08. The monoisotopic (exact) mass is 362 g/mol. The van der Waals surface area contributed by atoms with Gasteiger partial charge in [-0.05, 0) is 17.5 Å². The van der Waals surface area contributed by atoms with Crippen molar-refractivity contribution in [2.75, 3.05) is 17.7 Å². The first-order valence-electron chi connectivity index (χ1n) is 6.19. The highest BCUT2D eigenvalue weighted by Crippen LogP contribution is 2.30. The molecule has 21 heavy (non-hydrogen) atoms. The molecule has 1 amide bonds. The number of hydrogen-bond acceptors (Lipinski definition) is 5. The van der Waals surface area contributed by atoms with E-state index in [9.17, 15) is 4.79 Å². The van der Waals surface area contributed by atoms with Crippen molar-refractivity contribution in [3.05, 3.63) is 45.9 Å². The molecule has 2 N–H and O–H groups in total. The standard InChI is InChI=1S/C14H11BrN4OS/c1-16-14-19-18-13(21-14)12(20)17-11-7-6-10(15)8-4-2-3-5-9(8)11/h2-7H,1H3,(H,16,19)(H,17,20). The number of carbonyl (C=O) groups is 1. The van der Waals surface area contributed by atoms with Crippen molar-refractivity contribution < 1.29 is 4.79 Å². The maximum Gasteiger partial charge on any atom is 0.286 e. The number of nitrogens with one attached hydrogen (secondary N) is 2. The lowest BCUT2D eigenvalue weighted by molar-refractivity contribution is 0.102. The molecule has 0 saturated heterocycles. The van der Waals surface area contributed by atoms with E-state index < -0.39 is 0 Å². The van der Waals surface area contributed by atoms with Gasteiger partial charge in [-0.2, -0.15) is 0 Å². The minimum Gasteiger partial charge on any atom is -0.363 e. The molecule has 0 aliphatic rings. The van der Waals surface area contributed by atoms with E-state index in [-0.39, 0.29) is 5.91 Å². The fourth-order valence-corrected chi connectivity index (χ4v) is 3.03. The van der Waals surface area contributed by atoms with Crippen LogP contribution < -0.4 is 10.6 Å². The van der Waals surface area contributed by atoms with E-state index in [2.05, 4.69) is 36.8 Å². The van der Waals surface area contributed by atoms with E-state index in [1.54, 1.807) is 7.05 Å². The maximum atomic E-state index is 12.2. The lowest BCUT2D eigenvalue weighted by Crippen LogP contribution is -2.11. The number of amides is 1. The number of hydrogen-bond donors (Lipinski definition) is 2. The normalized spacial score (nSPS) is 10.6. The Morgan fingerprint density at radius 1 is 1.14 bits per heavy atom. The third-order valence-electron chi connectivity index (χ3n) is 2.95. The third-order valence-corrected chi connectivity index (χ3v) is 4.58. The van der Waals surface area contributed by atoms with E-state index in [0.29, 0.717) is 10.1 Å². The van der Waals surface area contributed by atoms with Crippen molar-refractivity contribution in [3.8, 4) is 0 Å². The lowest BCUT2D eigenvalue weighted by atomic mass is 10.1. The molecule has 0 radical (unpaired) electrons. The van der Waals surface area contributed by atoms with Crippen LogP contribution in [0.3, 0.4) is 0 Å². The van der Waals surface area contributed by atoms with E-state index >= 15 is 0 Å². The summed E-state index contributed by atoms with van der Waals surface area (Å²) in [5.41, 5.74) is 0.750. The zero-order chi connectivity index (χ0) is 14.8. The SMILES string of the molecule is CNc1nnc(C(=O)Nc2ccc(Br)c3ccccc23)s1. The van der Waals surface area contributed by atoms with Crippen LogP contribution in [0.2, 0.25) is 0 Å². The number of fused-ring (bicyclic) bond motifs is 1. The average molecular weight is 363 g/mol. The van der Waals surface area contributed by atoms with Gasteiger partial charge < -0.3 is 10.6 Å². The molecule has 0 bridgehead atoms. The van der Waals surface area contributed by atoms with Crippen LogP contribution >= 0.6 is 27.3 Å². The van der Waals surface area contributed by atoms with E-state index in [0.717, 1.165) is 20.9 Å². The first-order chi connectivity index (χ1) is 10.2. The summed E-state index contributed by atoms with van der Waals surface area (Å²) in [4.78, 5) is 12.2. The molecule has 7 heteroatoms. The van der Waals surface area contributed by atoms with Gasteiger partial charge in [-0.15, -0.1) is 10.2 Å². The Hall–Kier alpha value is -1.99. The molecule has 0 saturated carbocycles. The van der Waals surface area contributed by atoms with Gasteiger partial charge in [0, 0.05) is 22.6 Å². The number of anilines is 2. The average Bonchev–Trinajstić information content (AvgIpc) is 2.99. The molecule has 0 aliphatic carbocycles. The summed E-state index contributed by atoms with van der Waals surface area (Å²) in [5, 5.41) is 16.4. The number of halogens is 1. The number of carbonyl (C=O) groups excluding carboxylic acids is 1. The second-order valence-electron chi connectivity index (χ2n) is 4.26. The Kier molecular flexibility index (Phi) is 3.85. The number of rotatable bonds is 3. The van der Waals surface area contributed by atoms with Gasteiger partial charge in [-0.25, -0.2) is 0 Å². The molecule has 0 unspecified atom stereocenters.